The number of phenols is 1. The molecule has 2 N–H and O–H groups in total. The summed E-state index contributed by atoms with van der Waals surface area (Å²) < 4.78 is 0. The quantitative estimate of drug-likeness (QED) is 0.655. The molecule has 2 aromatic rings. The predicted molar refractivity (Wildman–Crippen MR) is 75.8 cm³/mol. The summed E-state index contributed by atoms with van der Waals surface area (Å²) >= 11 is 11.8. The third kappa shape index (κ3) is 2.94. The molecule has 0 heterocycles. The molecule has 2 aromatic carbocycles. The molecule has 3 nitrogen and oxygen atoms in total. The second-order valence-electron chi connectivity index (χ2n) is 3.54. The van der Waals surface area contributed by atoms with Gasteiger partial charge in [-0.2, -0.15) is 5.10 Å². The van der Waals surface area contributed by atoms with Gasteiger partial charge in [0.15, 0.2) is 0 Å². The van der Waals surface area contributed by atoms with Crippen LogP contribution in [-0.2, 0) is 0 Å². The molecule has 0 aliphatic heterocycles. The minimum atomic E-state index is -0.0464. The monoisotopic (exact) mass is 280 g/mol. The van der Waals surface area contributed by atoms with Crippen LogP contribution in [0.5, 0.6) is 5.75 Å². The molecule has 0 bridgehead atoms. The number of nitrogens with one attached hydrogen (secondary N) is 1. The number of hydrogen-bond acceptors (Lipinski definition) is 3. The fourth-order valence-corrected chi connectivity index (χ4v) is 1.72. The minimum absolute atomic E-state index is 0.0464. The number of hydrogen-bond donors (Lipinski definition) is 2. The van der Waals surface area contributed by atoms with Gasteiger partial charge in [0.25, 0.3) is 0 Å². The van der Waals surface area contributed by atoms with Gasteiger partial charge in [0.2, 0.25) is 0 Å². The number of phenolic OH excluding ortho intramolecular Hbond substituents is 1. The van der Waals surface area contributed by atoms with Crippen LogP contribution in [0, 0.1) is 0 Å². The average molecular weight is 281 g/mol. The lowest BCUT2D eigenvalue weighted by Gasteiger charge is -2.03. The van der Waals surface area contributed by atoms with Gasteiger partial charge in [-0.15, -0.1) is 0 Å². The summed E-state index contributed by atoms with van der Waals surface area (Å²) in [6.45, 7) is 0. The number of para-hydroxylation sites is 1. The van der Waals surface area contributed by atoms with Crippen molar-refractivity contribution in [2.45, 2.75) is 0 Å². The lowest BCUT2D eigenvalue weighted by Crippen LogP contribution is -1.91. The number of rotatable bonds is 3. The Kier molecular flexibility index (Phi) is 4.07. The van der Waals surface area contributed by atoms with Crippen LogP contribution in [0.25, 0.3) is 0 Å². The van der Waals surface area contributed by atoms with E-state index in [9.17, 15) is 5.11 Å². The molecule has 0 radical (unpaired) electrons. The van der Waals surface area contributed by atoms with Gasteiger partial charge in [0, 0.05) is 5.56 Å². The Balaban J connectivity index is 2.13. The molecular weight excluding hydrogens is 271 g/mol. The molecule has 0 amide bonds. The Morgan fingerprint density at radius 3 is 2.44 bits per heavy atom. The van der Waals surface area contributed by atoms with Gasteiger partial charge in [-0.25, -0.2) is 0 Å². The van der Waals surface area contributed by atoms with Crippen LogP contribution in [0.2, 0.25) is 10.0 Å². The van der Waals surface area contributed by atoms with Gasteiger partial charge in [0.05, 0.1) is 16.9 Å². The van der Waals surface area contributed by atoms with E-state index < -0.39 is 0 Å². The van der Waals surface area contributed by atoms with Crippen LogP contribution < -0.4 is 5.43 Å². The SMILES string of the molecule is Oc1ccc(C=NNc2ccccc2)c(Cl)c1Cl. The van der Waals surface area contributed by atoms with Crippen molar-refractivity contribution in [3.8, 4) is 5.75 Å². The normalized spacial score (nSPS) is 10.8. The van der Waals surface area contributed by atoms with Gasteiger partial charge >= 0.3 is 0 Å². The van der Waals surface area contributed by atoms with Crippen LogP contribution in [-0.4, -0.2) is 11.3 Å². The lowest BCUT2D eigenvalue weighted by atomic mass is 10.2. The zero-order valence-electron chi connectivity index (χ0n) is 9.27. The van der Waals surface area contributed by atoms with Crippen molar-refractivity contribution < 1.29 is 5.11 Å². The van der Waals surface area contributed by atoms with Crippen molar-refractivity contribution in [2.75, 3.05) is 5.43 Å². The lowest BCUT2D eigenvalue weighted by molar-refractivity contribution is 0.475. The summed E-state index contributed by atoms with van der Waals surface area (Å²) in [6, 6.07) is 12.6. The molecule has 18 heavy (non-hydrogen) atoms. The standard InChI is InChI=1S/C13H10Cl2N2O/c14-12-9(6-7-11(18)13(12)15)8-16-17-10-4-2-1-3-5-10/h1-8,17-18H. The molecule has 92 valence electrons. The van der Waals surface area contributed by atoms with Gasteiger partial charge in [-0.3, -0.25) is 5.43 Å². The second-order valence-corrected chi connectivity index (χ2v) is 4.29. The van der Waals surface area contributed by atoms with Crippen molar-refractivity contribution in [2.24, 2.45) is 5.10 Å². The highest BCUT2D eigenvalue weighted by Gasteiger charge is 2.07. The average Bonchev–Trinajstić information content (AvgIpc) is 2.40. The highest BCUT2D eigenvalue weighted by Crippen LogP contribution is 2.32. The Hall–Kier alpha value is -1.71. The molecule has 5 heteroatoms. The number of aromatic hydroxyl groups is 1. The third-order valence-electron chi connectivity index (χ3n) is 2.26. The maximum Gasteiger partial charge on any atom is 0.135 e. The zero-order chi connectivity index (χ0) is 13.0. The van der Waals surface area contributed by atoms with Crippen LogP contribution >= 0.6 is 23.2 Å². The van der Waals surface area contributed by atoms with E-state index in [1.807, 2.05) is 30.3 Å². The molecule has 0 unspecified atom stereocenters. The molecule has 0 aliphatic rings. The highest BCUT2D eigenvalue weighted by atomic mass is 35.5. The summed E-state index contributed by atoms with van der Waals surface area (Å²) in [5.74, 6) is -0.0464. The van der Waals surface area contributed by atoms with E-state index in [0.29, 0.717) is 5.56 Å². The van der Waals surface area contributed by atoms with E-state index in [1.54, 1.807) is 12.3 Å². The molecule has 0 fully saturated rings. The van der Waals surface area contributed by atoms with E-state index in [4.69, 9.17) is 23.2 Å². The van der Waals surface area contributed by atoms with E-state index in [0.717, 1.165) is 5.69 Å². The van der Waals surface area contributed by atoms with Gasteiger partial charge in [0.1, 0.15) is 10.8 Å². The molecule has 0 aliphatic carbocycles. The van der Waals surface area contributed by atoms with Crippen molar-refractivity contribution in [3.63, 3.8) is 0 Å². The first kappa shape index (κ1) is 12.7. The fraction of sp³-hybridized carbons (Fsp3) is 0. The topological polar surface area (TPSA) is 44.6 Å². The molecule has 0 saturated carbocycles. The van der Waals surface area contributed by atoms with Crippen molar-refractivity contribution in [3.05, 3.63) is 58.1 Å². The predicted octanol–water partition coefficient (Wildman–Crippen LogP) is 4.15. The maximum atomic E-state index is 9.35. The molecule has 0 aromatic heterocycles. The van der Waals surface area contributed by atoms with E-state index in [1.165, 1.54) is 6.07 Å². The molecular formula is C13H10Cl2N2O. The smallest absolute Gasteiger partial charge is 0.135 e. The Labute approximate surface area is 115 Å². The first-order chi connectivity index (χ1) is 8.68. The van der Waals surface area contributed by atoms with Crippen LogP contribution in [0.15, 0.2) is 47.6 Å². The largest absolute Gasteiger partial charge is 0.506 e. The van der Waals surface area contributed by atoms with Crippen molar-refractivity contribution >= 4 is 35.1 Å². The van der Waals surface area contributed by atoms with E-state index >= 15 is 0 Å². The molecule has 0 spiro atoms. The summed E-state index contributed by atoms with van der Waals surface area (Å²) in [5, 5.41) is 13.8. The number of benzene rings is 2. The van der Waals surface area contributed by atoms with Crippen LogP contribution in [0.1, 0.15) is 5.56 Å². The first-order valence-electron chi connectivity index (χ1n) is 5.19. The first-order valence-corrected chi connectivity index (χ1v) is 5.95. The Morgan fingerprint density at radius 1 is 1.00 bits per heavy atom. The number of nitrogens with zero attached hydrogens (tertiary/aromatic N) is 1. The maximum absolute atomic E-state index is 9.35. The van der Waals surface area contributed by atoms with Crippen molar-refractivity contribution in [1.29, 1.82) is 0 Å². The van der Waals surface area contributed by atoms with Crippen LogP contribution in [0.3, 0.4) is 0 Å². The number of halogens is 2. The van der Waals surface area contributed by atoms with E-state index in [-0.39, 0.29) is 15.8 Å². The minimum Gasteiger partial charge on any atom is -0.506 e. The fourth-order valence-electron chi connectivity index (χ4n) is 1.34. The second kappa shape index (κ2) is 5.76. The summed E-state index contributed by atoms with van der Waals surface area (Å²) in [7, 11) is 0. The third-order valence-corrected chi connectivity index (χ3v) is 3.15. The number of hydrazone groups is 1. The molecule has 2 rings (SSSR count). The Bertz CT molecular complexity index is 571. The van der Waals surface area contributed by atoms with Crippen LogP contribution in [0.4, 0.5) is 5.69 Å². The summed E-state index contributed by atoms with van der Waals surface area (Å²) in [5.41, 5.74) is 4.36. The van der Waals surface area contributed by atoms with Gasteiger partial charge < -0.3 is 5.11 Å². The van der Waals surface area contributed by atoms with Gasteiger partial charge in [-0.05, 0) is 24.3 Å². The highest BCUT2D eigenvalue weighted by molar-refractivity contribution is 6.44. The van der Waals surface area contributed by atoms with Crippen molar-refractivity contribution in [1.82, 2.24) is 0 Å². The summed E-state index contributed by atoms with van der Waals surface area (Å²) in [4.78, 5) is 0. The zero-order valence-corrected chi connectivity index (χ0v) is 10.8. The van der Waals surface area contributed by atoms with E-state index in [2.05, 4.69) is 10.5 Å². The molecule has 0 saturated heterocycles. The van der Waals surface area contributed by atoms with Gasteiger partial charge in [-0.1, -0.05) is 41.4 Å². The number of anilines is 1. The molecule has 0 atom stereocenters. The summed E-state index contributed by atoms with van der Waals surface area (Å²) in [6.07, 6.45) is 1.54. The Morgan fingerprint density at radius 2 is 1.72 bits per heavy atom.